The molecule has 0 unspecified atom stereocenters. The standard InChI is InChI=1S/C21H18N4O3/c1-28-16-9-7-15(8-10-16)25-19-17(11-12-18(22)23-19)20(26)24(21(25)27)13-14-5-3-2-4-6-14/h2-12H,13H2,1H3,(H2,22,23). The van der Waals surface area contributed by atoms with E-state index in [1.807, 2.05) is 30.3 Å². The first-order valence-electron chi connectivity index (χ1n) is 8.69. The number of nitrogen functional groups attached to an aromatic ring is 1. The minimum Gasteiger partial charge on any atom is -0.497 e. The second-order valence-corrected chi connectivity index (χ2v) is 6.30. The molecule has 7 nitrogen and oxygen atoms in total. The summed E-state index contributed by atoms with van der Waals surface area (Å²) < 4.78 is 7.79. The molecule has 4 aromatic rings. The Morgan fingerprint density at radius 2 is 1.68 bits per heavy atom. The predicted octanol–water partition coefficient (Wildman–Crippen LogP) is 2.19. The normalized spacial score (nSPS) is 10.9. The Morgan fingerprint density at radius 1 is 0.964 bits per heavy atom. The highest BCUT2D eigenvalue weighted by atomic mass is 16.5. The summed E-state index contributed by atoms with van der Waals surface area (Å²) in [6.07, 6.45) is 0. The number of aromatic nitrogens is 3. The average molecular weight is 374 g/mol. The molecule has 0 fully saturated rings. The zero-order valence-corrected chi connectivity index (χ0v) is 15.2. The third-order valence-corrected chi connectivity index (χ3v) is 4.52. The van der Waals surface area contributed by atoms with Gasteiger partial charge in [0, 0.05) is 0 Å². The van der Waals surface area contributed by atoms with Crippen molar-refractivity contribution in [2.75, 3.05) is 12.8 Å². The molecule has 0 radical (unpaired) electrons. The molecular weight excluding hydrogens is 356 g/mol. The lowest BCUT2D eigenvalue weighted by Gasteiger charge is -2.14. The number of fused-ring (bicyclic) bond motifs is 1. The van der Waals surface area contributed by atoms with Gasteiger partial charge in [0.2, 0.25) is 0 Å². The second kappa shape index (κ2) is 7.03. The van der Waals surface area contributed by atoms with Gasteiger partial charge in [0.05, 0.1) is 24.7 Å². The summed E-state index contributed by atoms with van der Waals surface area (Å²) in [4.78, 5) is 30.5. The number of hydrogen-bond donors (Lipinski definition) is 1. The van der Waals surface area contributed by atoms with Gasteiger partial charge in [-0.05, 0) is 42.0 Å². The van der Waals surface area contributed by atoms with Crippen LogP contribution >= 0.6 is 0 Å². The minimum absolute atomic E-state index is 0.162. The fourth-order valence-corrected chi connectivity index (χ4v) is 3.11. The Balaban J connectivity index is 2.02. The van der Waals surface area contributed by atoms with E-state index >= 15 is 0 Å². The molecule has 0 saturated heterocycles. The molecule has 0 aliphatic heterocycles. The van der Waals surface area contributed by atoms with Crippen LogP contribution in [0.15, 0.2) is 76.3 Å². The van der Waals surface area contributed by atoms with E-state index in [2.05, 4.69) is 4.98 Å². The molecule has 0 bridgehead atoms. The first-order chi connectivity index (χ1) is 13.6. The van der Waals surface area contributed by atoms with Crippen LogP contribution in [0, 0.1) is 0 Å². The highest BCUT2D eigenvalue weighted by Gasteiger charge is 2.16. The molecule has 7 heteroatoms. The van der Waals surface area contributed by atoms with E-state index in [0.717, 1.165) is 5.56 Å². The predicted molar refractivity (Wildman–Crippen MR) is 108 cm³/mol. The van der Waals surface area contributed by atoms with Gasteiger partial charge in [0.25, 0.3) is 5.56 Å². The zero-order chi connectivity index (χ0) is 19.7. The summed E-state index contributed by atoms with van der Waals surface area (Å²) in [5.41, 5.74) is 6.58. The summed E-state index contributed by atoms with van der Waals surface area (Å²) in [6.45, 7) is 0.162. The van der Waals surface area contributed by atoms with Gasteiger partial charge < -0.3 is 10.5 Å². The van der Waals surface area contributed by atoms with E-state index in [4.69, 9.17) is 10.5 Å². The second-order valence-electron chi connectivity index (χ2n) is 6.30. The zero-order valence-electron chi connectivity index (χ0n) is 15.2. The summed E-state index contributed by atoms with van der Waals surface area (Å²) in [7, 11) is 1.57. The van der Waals surface area contributed by atoms with Crippen molar-refractivity contribution >= 4 is 16.9 Å². The van der Waals surface area contributed by atoms with Crippen molar-refractivity contribution in [3.8, 4) is 11.4 Å². The van der Waals surface area contributed by atoms with Gasteiger partial charge in [-0.15, -0.1) is 0 Å². The quantitative estimate of drug-likeness (QED) is 0.591. The summed E-state index contributed by atoms with van der Waals surface area (Å²) in [5.74, 6) is 0.889. The topological polar surface area (TPSA) is 92.1 Å². The third kappa shape index (κ3) is 3.03. The fraction of sp³-hybridized carbons (Fsp3) is 0.0952. The largest absolute Gasteiger partial charge is 0.497 e. The maximum absolute atomic E-state index is 13.3. The molecule has 0 amide bonds. The molecule has 2 aromatic heterocycles. The van der Waals surface area contributed by atoms with Crippen LogP contribution in [0.3, 0.4) is 0 Å². The lowest BCUT2D eigenvalue weighted by atomic mass is 10.2. The molecule has 0 spiro atoms. The molecule has 2 aromatic carbocycles. The molecule has 0 saturated carbocycles. The third-order valence-electron chi connectivity index (χ3n) is 4.52. The number of rotatable bonds is 4. The Hall–Kier alpha value is -3.87. The van der Waals surface area contributed by atoms with Gasteiger partial charge >= 0.3 is 5.69 Å². The van der Waals surface area contributed by atoms with E-state index in [0.29, 0.717) is 16.8 Å². The van der Waals surface area contributed by atoms with Gasteiger partial charge in [-0.25, -0.2) is 14.3 Å². The number of ether oxygens (including phenoxy) is 1. The number of pyridine rings is 1. The van der Waals surface area contributed by atoms with Crippen molar-refractivity contribution in [1.29, 1.82) is 0 Å². The van der Waals surface area contributed by atoms with Crippen LogP contribution in [-0.4, -0.2) is 21.2 Å². The maximum Gasteiger partial charge on any atom is 0.337 e. The Labute approximate surface area is 160 Å². The first kappa shape index (κ1) is 17.5. The van der Waals surface area contributed by atoms with Gasteiger partial charge in [0.1, 0.15) is 11.6 Å². The summed E-state index contributed by atoms with van der Waals surface area (Å²) in [5, 5.41) is 0.320. The van der Waals surface area contributed by atoms with Gasteiger partial charge in [0.15, 0.2) is 5.65 Å². The van der Waals surface area contributed by atoms with Crippen molar-refractivity contribution in [3.63, 3.8) is 0 Å². The molecule has 0 aliphatic rings. The Bertz CT molecular complexity index is 1260. The molecule has 0 aliphatic carbocycles. The summed E-state index contributed by atoms with van der Waals surface area (Å²) in [6, 6.07) is 19.5. The van der Waals surface area contributed by atoms with Gasteiger partial charge in [-0.2, -0.15) is 0 Å². The van der Waals surface area contributed by atoms with Crippen LogP contribution in [-0.2, 0) is 6.54 Å². The molecule has 0 atom stereocenters. The molecule has 2 N–H and O–H groups in total. The van der Waals surface area contributed by atoms with E-state index < -0.39 is 11.2 Å². The number of nitrogens with zero attached hydrogens (tertiary/aromatic N) is 3. The maximum atomic E-state index is 13.3. The molecule has 4 rings (SSSR count). The molecule has 140 valence electrons. The van der Waals surface area contributed by atoms with Gasteiger partial charge in [-0.3, -0.25) is 9.36 Å². The number of benzene rings is 2. The fourth-order valence-electron chi connectivity index (χ4n) is 3.11. The van der Waals surface area contributed by atoms with Crippen molar-refractivity contribution in [2.24, 2.45) is 0 Å². The van der Waals surface area contributed by atoms with E-state index in [-0.39, 0.29) is 18.0 Å². The minimum atomic E-state index is -0.482. The van der Waals surface area contributed by atoms with Crippen LogP contribution in [0.4, 0.5) is 5.82 Å². The Morgan fingerprint density at radius 3 is 2.36 bits per heavy atom. The smallest absolute Gasteiger partial charge is 0.337 e. The highest BCUT2D eigenvalue weighted by Crippen LogP contribution is 2.17. The van der Waals surface area contributed by atoms with Crippen LogP contribution in [0.5, 0.6) is 5.75 Å². The van der Waals surface area contributed by atoms with E-state index in [1.165, 1.54) is 9.13 Å². The molecular formula is C21H18N4O3. The van der Waals surface area contributed by atoms with Gasteiger partial charge in [-0.1, -0.05) is 30.3 Å². The van der Waals surface area contributed by atoms with E-state index in [1.54, 1.807) is 43.5 Å². The van der Waals surface area contributed by atoms with Crippen LogP contribution in [0.2, 0.25) is 0 Å². The van der Waals surface area contributed by atoms with Crippen LogP contribution in [0.25, 0.3) is 16.7 Å². The molecule has 28 heavy (non-hydrogen) atoms. The average Bonchev–Trinajstić information content (AvgIpc) is 2.72. The monoisotopic (exact) mass is 374 g/mol. The Kier molecular flexibility index (Phi) is 4.41. The lowest BCUT2D eigenvalue weighted by molar-refractivity contribution is 0.414. The number of methoxy groups -OCH3 is 1. The molecule has 2 heterocycles. The highest BCUT2D eigenvalue weighted by molar-refractivity contribution is 5.77. The van der Waals surface area contributed by atoms with Crippen molar-refractivity contribution in [3.05, 3.63) is 93.1 Å². The number of nitrogens with two attached hydrogens (primary N) is 1. The number of anilines is 1. The lowest BCUT2D eigenvalue weighted by Crippen LogP contribution is -2.40. The SMILES string of the molecule is COc1ccc(-n2c(=O)n(Cc3ccccc3)c(=O)c3ccc(N)nc32)cc1. The van der Waals surface area contributed by atoms with Crippen molar-refractivity contribution in [2.45, 2.75) is 6.54 Å². The number of hydrogen-bond acceptors (Lipinski definition) is 5. The van der Waals surface area contributed by atoms with Crippen molar-refractivity contribution in [1.82, 2.24) is 14.1 Å². The van der Waals surface area contributed by atoms with E-state index in [9.17, 15) is 9.59 Å². The van der Waals surface area contributed by atoms with Crippen LogP contribution in [0.1, 0.15) is 5.56 Å². The first-order valence-corrected chi connectivity index (χ1v) is 8.69. The van der Waals surface area contributed by atoms with Crippen LogP contribution < -0.4 is 21.7 Å². The summed E-state index contributed by atoms with van der Waals surface area (Å²) >= 11 is 0. The van der Waals surface area contributed by atoms with Crippen molar-refractivity contribution < 1.29 is 4.74 Å².